The molecule has 2 heterocycles. The third-order valence-corrected chi connectivity index (χ3v) is 5.58. The second kappa shape index (κ2) is 7.00. The molecule has 7 heteroatoms. The molecule has 0 spiro atoms. The summed E-state index contributed by atoms with van der Waals surface area (Å²) in [5, 5.41) is 10.9. The van der Waals surface area contributed by atoms with Crippen molar-refractivity contribution >= 4 is 39.0 Å². The van der Waals surface area contributed by atoms with Gasteiger partial charge >= 0.3 is 5.69 Å². The molecule has 0 fully saturated rings. The van der Waals surface area contributed by atoms with Crippen molar-refractivity contribution in [3.63, 3.8) is 0 Å². The molecule has 6 nitrogen and oxygen atoms in total. The maximum absolute atomic E-state index is 12.5. The molecule has 1 aromatic heterocycles. The summed E-state index contributed by atoms with van der Waals surface area (Å²) in [5.41, 5.74) is 4.23. The Labute approximate surface area is 175 Å². The van der Waals surface area contributed by atoms with Gasteiger partial charge in [-0.25, -0.2) is 9.36 Å². The minimum Gasteiger partial charge on any atom is -0.494 e. The van der Waals surface area contributed by atoms with E-state index in [1.807, 2.05) is 45.0 Å². The second-order valence-corrected chi connectivity index (χ2v) is 7.93. The first-order valence-electron chi connectivity index (χ1n) is 8.99. The number of aromatic hydroxyl groups is 1. The molecule has 0 amide bonds. The van der Waals surface area contributed by atoms with Gasteiger partial charge in [-0.05, 0) is 68.3 Å². The quantitative estimate of drug-likeness (QED) is 0.609. The van der Waals surface area contributed by atoms with E-state index in [9.17, 15) is 14.7 Å². The average Bonchev–Trinajstić information content (AvgIpc) is 2.96. The van der Waals surface area contributed by atoms with Crippen LogP contribution in [-0.4, -0.2) is 20.4 Å². The topological polar surface area (TPSA) is 87.4 Å². The number of hydrogen-bond donors (Lipinski definition) is 2. The molecule has 2 aromatic carbocycles. The average molecular weight is 452 g/mol. The Morgan fingerprint density at radius 3 is 2.55 bits per heavy atom. The third-order valence-electron chi connectivity index (χ3n) is 5.08. The Hall–Kier alpha value is -3.19. The van der Waals surface area contributed by atoms with Crippen molar-refractivity contribution in [1.82, 2.24) is 9.55 Å². The SMILES string of the molecule is CC1=Nc2ccc(Br)cc2/C1=C\c1c(O)n(-c2ccc(C)c(C)c2)c(=O)[nH]c1=O. The molecule has 0 radical (unpaired) electrons. The summed E-state index contributed by atoms with van der Waals surface area (Å²) < 4.78 is 1.98. The first-order valence-corrected chi connectivity index (χ1v) is 9.79. The number of fused-ring (bicyclic) bond motifs is 1. The van der Waals surface area contributed by atoms with E-state index in [4.69, 9.17) is 0 Å². The zero-order chi connectivity index (χ0) is 20.9. The zero-order valence-electron chi connectivity index (χ0n) is 16.1. The van der Waals surface area contributed by atoms with Crippen molar-refractivity contribution in [2.75, 3.05) is 0 Å². The van der Waals surface area contributed by atoms with Crippen LogP contribution in [-0.2, 0) is 0 Å². The number of halogens is 1. The highest BCUT2D eigenvalue weighted by Gasteiger charge is 2.21. The monoisotopic (exact) mass is 451 g/mol. The van der Waals surface area contributed by atoms with Crippen molar-refractivity contribution in [3.8, 4) is 11.6 Å². The summed E-state index contributed by atoms with van der Waals surface area (Å²) in [5.74, 6) is -0.411. The van der Waals surface area contributed by atoms with Crippen LogP contribution in [0.15, 0.2) is 55.5 Å². The largest absolute Gasteiger partial charge is 0.494 e. The molecule has 0 bridgehead atoms. The third kappa shape index (κ3) is 3.27. The lowest BCUT2D eigenvalue weighted by Gasteiger charge is -2.12. The molecule has 3 aromatic rings. The number of aliphatic imine (C=N–C) groups is 1. The maximum atomic E-state index is 12.5. The fourth-order valence-corrected chi connectivity index (χ4v) is 3.72. The molecule has 0 saturated heterocycles. The van der Waals surface area contributed by atoms with Crippen LogP contribution in [0.5, 0.6) is 5.88 Å². The Kier molecular flexibility index (Phi) is 4.62. The summed E-state index contributed by atoms with van der Waals surface area (Å²) in [6.45, 7) is 5.72. The van der Waals surface area contributed by atoms with Gasteiger partial charge in [-0.3, -0.25) is 14.8 Å². The van der Waals surface area contributed by atoms with E-state index in [2.05, 4.69) is 25.9 Å². The van der Waals surface area contributed by atoms with Gasteiger partial charge in [0, 0.05) is 21.3 Å². The van der Waals surface area contributed by atoms with Crippen LogP contribution < -0.4 is 11.2 Å². The smallest absolute Gasteiger partial charge is 0.335 e. The van der Waals surface area contributed by atoms with E-state index in [1.54, 1.807) is 18.2 Å². The van der Waals surface area contributed by atoms with Gasteiger partial charge < -0.3 is 5.11 Å². The molecule has 146 valence electrons. The minimum absolute atomic E-state index is 0.000188. The van der Waals surface area contributed by atoms with Crippen molar-refractivity contribution in [2.45, 2.75) is 20.8 Å². The summed E-state index contributed by atoms with van der Waals surface area (Å²) in [6, 6.07) is 11.1. The standard InChI is InChI=1S/C22H18BrN3O3/c1-11-4-6-15(8-12(11)2)26-21(28)18(20(27)25-22(26)29)10-16-13(3)24-19-7-5-14(23)9-17(16)19/h4-10,28H,1-3H3,(H,25,27,29)/b16-10-. The molecule has 0 unspecified atom stereocenters. The normalized spacial score (nSPS) is 14.2. The number of nitrogens with zero attached hydrogens (tertiary/aromatic N) is 2. The molecule has 2 N–H and O–H groups in total. The minimum atomic E-state index is -0.696. The lowest BCUT2D eigenvalue weighted by Crippen LogP contribution is -2.30. The van der Waals surface area contributed by atoms with E-state index in [0.29, 0.717) is 11.3 Å². The summed E-state index contributed by atoms with van der Waals surface area (Å²) in [6.07, 6.45) is 1.57. The molecule has 4 rings (SSSR count). The van der Waals surface area contributed by atoms with Crippen LogP contribution in [0.2, 0.25) is 0 Å². The number of aromatic amines is 1. The molecule has 0 aliphatic carbocycles. The highest BCUT2D eigenvalue weighted by molar-refractivity contribution is 9.10. The molecule has 0 atom stereocenters. The van der Waals surface area contributed by atoms with Crippen molar-refractivity contribution in [2.24, 2.45) is 4.99 Å². The first-order chi connectivity index (χ1) is 13.8. The van der Waals surface area contributed by atoms with Crippen LogP contribution >= 0.6 is 15.9 Å². The maximum Gasteiger partial charge on any atom is 0.335 e. The lowest BCUT2D eigenvalue weighted by molar-refractivity contribution is 0.429. The van der Waals surface area contributed by atoms with Crippen molar-refractivity contribution in [3.05, 3.63) is 84.0 Å². The van der Waals surface area contributed by atoms with E-state index in [1.165, 1.54) is 0 Å². The summed E-state index contributed by atoms with van der Waals surface area (Å²) >= 11 is 3.45. The molecular weight excluding hydrogens is 434 g/mol. The molecule has 1 aliphatic heterocycles. The first kappa shape index (κ1) is 19.1. The van der Waals surface area contributed by atoms with Gasteiger partial charge in [0.1, 0.15) is 5.56 Å². The number of benzene rings is 2. The van der Waals surface area contributed by atoms with Crippen LogP contribution in [0.4, 0.5) is 5.69 Å². The van der Waals surface area contributed by atoms with Gasteiger partial charge in [0.05, 0.1) is 11.4 Å². The Morgan fingerprint density at radius 1 is 1.07 bits per heavy atom. The summed E-state index contributed by atoms with van der Waals surface area (Å²) in [4.78, 5) is 31.8. The number of nitrogens with one attached hydrogen (secondary N) is 1. The lowest BCUT2D eigenvalue weighted by atomic mass is 10.0. The highest BCUT2D eigenvalue weighted by atomic mass is 79.9. The predicted octanol–water partition coefficient (Wildman–Crippen LogP) is 4.26. The number of aryl methyl sites for hydroxylation is 2. The van der Waals surface area contributed by atoms with Gasteiger partial charge in [-0.2, -0.15) is 0 Å². The van der Waals surface area contributed by atoms with Gasteiger partial charge in [0.15, 0.2) is 0 Å². The van der Waals surface area contributed by atoms with Crippen molar-refractivity contribution < 1.29 is 5.11 Å². The fraction of sp³-hybridized carbons (Fsp3) is 0.136. The Balaban J connectivity index is 1.95. The van der Waals surface area contributed by atoms with E-state index in [-0.39, 0.29) is 5.56 Å². The Morgan fingerprint density at radius 2 is 1.83 bits per heavy atom. The highest BCUT2D eigenvalue weighted by Crippen LogP contribution is 2.38. The summed E-state index contributed by atoms with van der Waals surface area (Å²) in [7, 11) is 0. The molecule has 1 aliphatic rings. The van der Waals surface area contributed by atoms with Gasteiger partial charge in [-0.15, -0.1) is 0 Å². The number of aromatic nitrogens is 2. The number of rotatable bonds is 2. The fourth-order valence-electron chi connectivity index (χ4n) is 3.36. The van der Waals surface area contributed by atoms with E-state index >= 15 is 0 Å². The second-order valence-electron chi connectivity index (χ2n) is 7.02. The zero-order valence-corrected chi connectivity index (χ0v) is 17.7. The van der Waals surface area contributed by atoms with E-state index in [0.717, 1.165) is 37.1 Å². The molecular formula is C22H18BrN3O3. The Bertz CT molecular complexity index is 1350. The van der Waals surface area contributed by atoms with Crippen LogP contribution in [0.1, 0.15) is 29.2 Å². The number of hydrogen-bond acceptors (Lipinski definition) is 4. The van der Waals surface area contributed by atoms with Gasteiger partial charge in [0.25, 0.3) is 5.56 Å². The van der Waals surface area contributed by atoms with Crippen LogP contribution in [0.3, 0.4) is 0 Å². The van der Waals surface area contributed by atoms with Crippen LogP contribution in [0.25, 0.3) is 17.3 Å². The van der Waals surface area contributed by atoms with E-state index < -0.39 is 17.1 Å². The van der Waals surface area contributed by atoms with Gasteiger partial charge in [0.2, 0.25) is 5.88 Å². The predicted molar refractivity (Wildman–Crippen MR) is 119 cm³/mol. The van der Waals surface area contributed by atoms with Gasteiger partial charge in [-0.1, -0.05) is 22.0 Å². The molecule has 0 saturated carbocycles. The number of allylic oxidation sites excluding steroid dienone is 1. The van der Waals surface area contributed by atoms with Crippen molar-refractivity contribution in [1.29, 1.82) is 0 Å². The number of H-pyrrole nitrogens is 1. The van der Waals surface area contributed by atoms with Crippen LogP contribution in [0, 0.1) is 13.8 Å². The molecule has 29 heavy (non-hydrogen) atoms.